The molecule has 0 spiro atoms. The van der Waals surface area contributed by atoms with Crippen LogP contribution in [0.4, 0.5) is 5.69 Å². The second-order valence-corrected chi connectivity index (χ2v) is 7.25. The molecular formula is C23H18N2O3S. The SMILES string of the molecule is CCOC(=O)c1ccc(NC(=O)c2cc(-c3cccs3)nc3ccccc23)cc1. The number of aromatic nitrogens is 1. The molecule has 1 amide bonds. The summed E-state index contributed by atoms with van der Waals surface area (Å²) in [5.74, 6) is -0.614. The minimum atomic E-state index is -0.383. The zero-order chi connectivity index (χ0) is 20.2. The number of anilines is 1. The number of rotatable bonds is 5. The Morgan fingerprint density at radius 2 is 1.83 bits per heavy atom. The molecule has 0 unspecified atom stereocenters. The molecule has 144 valence electrons. The zero-order valence-corrected chi connectivity index (χ0v) is 16.5. The summed E-state index contributed by atoms with van der Waals surface area (Å²) in [5, 5.41) is 5.67. The summed E-state index contributed by atoms with van der Waals surface area (Å²) in [6.45, 7) is 2.08. The number of benzene rings is 2. The molecule has 0 aliphatic carbocycles. The molecule has 0 fully saturated rings. The van der Waals surface area contributed by atoms with E-state index in [1.54, 1.807) is 42.5 Å². The highest BCUT2D eigenvalue weighted by Crippen LogP contribution is 2.28. The smallest absolute Gasteiger partial charge is 0.338 e. The molecule has 0 saturated heterocycles. The largest absolute Gasteiger partial charge is 0.462 e. The van der Waals surface area contributed by atoms with Crippen LogP contribution >= 0.6 is 11.3 Å². The normalized spacial score (nSPS) is 10.7. The highest BCUT2D eigenvalue weighted by atomic mass is 32.1. The first-order chi connectivity index (χ1) is 14.2. The van der Waals surface area contributed by atoms with Gasteiger partial charge in [0.25, 0.3) is 5.91 Å². The van der Waals surface area contributed by atoms with Crippen LogP contribution in [-0.2, 0) is 4.74 Å². The molecule has 4 aromatic rings. The maximum absolute atomic E-state index is 13.0. The maximum Gasteiger partial charge on any atom is 0.338 e. The van der Waals surface area contributed by atoms with Crippen LogP contribution < -0.4 is 5.32 Å². The fourth-order valence-electron chi connectivity index (χ4n) is 3.02. The lowest BCUT2D eigenvalue weighted by molar-refractivity contribution is 0.0526. The van der Waals surface area contributed by atoms with Crippen molar-refractivity contribution < 1.29 is 14.3 Å². The van der Waals surface area contributed by atoms with E-state index >= 15 is 0 Å². The van der Waals surface area contributed by atoms with Crippen LogP contribution in [0.25, 0.3) is 21.5 Å². The number of nitrogens with zero attached hydrogens (tertiary/aromatic N) is 1. The number of fused-ring (bicyclic) bond motifs is 1. The molecule has 0 aliphatic heterocycles. The number of hydrogen-bond donors (Lipinski definition) is 1. The van der Waals surface area contributed by atoms with Crippen molar-refractivity contribution in [2.24, 2.45) is 0 Å². The monoisotopic (exact) mass is 402 g/mol. The first-order valence-electron chi connectivity index (χ1n) is 9.18. The van der Waals surface area contributed by atoms with Gasteiger partial charge < -0.3 is 10.1 Å². The topological polar surface area (TPSA) is 68.3 Å². The number of hydrogen-bond acceptors (Lipinski definition) is 5. The molecular weight excluding hydrogens is 384 g/mol. The third-order valence-electron chi connectivity index (χ3n) is 4.39. The van der Waals surface area contributed by atoms with Gasteiger partial charge in [-0.1, -0.05) is 24.3 Å². The summed E-state index contributed by atoms with van der Waals surface area (Å²) >= 11 is 1.58. The summed E-state index contributed by atoms with van der Waals surface area (Å²) in [6.07, 6.45) is 0. The van der Waals surface area contributed by atoms with Gasteiger partial charge in [0.2, 0.25) is 0 Å². The van der Waals surface area contributed by atoms with Gasteiger partial charge in [-0.25, -0.2) is 9.78 Å². The number of esters is 1. The fraction of sp³-hybridized carbons (Fsp3) is 0.0870. The predicted molar refractivity (Wildman–Crippen MR) is 115 cm³/mol. The molecule has 2 heterocycles. The predicted octanol–water partition coefficient (Wildman–Crippen LogP) is 5.39. The summed E-state index contributed by atoms with van der Waals surface area (Å²) in [6, 6.07) is 20.0. The lowest BCUT2D eigenvalue weighted by atomic mass is 10.1. The Labute approximate surface area is 172 Å². The number of ether oxygens (including phenoxy) is 1. The highest BCUT2D eigenvalue weighted by Gasteiger charge is 2.15. The Bertz CT molecular complexity index is 1170. The van der Waals surface area contributed by atoms with Crippen LogP contribution in [0.15, 0.2) is 72.1 Å². The maximum atomic E-state index is 13.0. The van der Waals surface area contributed by atoms with Gasteiger partial charge in [-0.05, 0) is 54.8 Å². The van der Waals surface area contributed by atoms with Crippen molar-refractivity contribution in [3.63, 3.8) is 0 Å². The second kappa shape index (κ2) is 8.24. The minimum absolute atomic E-state index is 0.231. The van der Waals surface area contributed by atoms with Crippen LogP contribution in [0.5, 0.6) is 0 Å². The quantitative estimate of drug-likeness (QED) is 0.454. The van der Waals surface area contributed by atoms with Crippen LogP contribution in [0.1, 0.15) is 27.6 Å². The Balaban J connectivity index is 1.65. The molecule has 2 aromatic heterocycles. The van der Waals surface area contributed by atoms with E-state index in [1.807, 2.05) is 47.8 Å². The van der Waals surface area contributed by atoms with Gasteiger partial charge in [-0.2, -0.15) is 0 Å². The van der Waals surface area contributed by atoms with E-state index in [0.717, 1.165) is 21.5 Å². The van der Waals surface area contributed by atoms with Gasteiger partial charge in [-0.15, -0.1) is 11.3 Å². The molecule has 0 radical (unpaired) electrons. The number of carbonyl (C=O) groups is 2. The lowest BCUT2D eigenvalue weighted by Crippen LogP contribution is -2.13. The molecule has 2 aromatic carbocycles. The lowest BCUT2D eigenvalue weighted by Gasteiger charge is -2.10. The Hall–Kier alpha value is -3.51. The van der Waals surface area contributed by atoms with E-state index in [9.17, 15) is 9.59 Å². The molecule has 5 nitrogen and oxygen atoms in total. The summed E-state index contributed by atoms with van der Waals surface area (Å²) in [5.41, 5.74) is 3.12. The number of carbonyl (C=O) groups excluding carboxylic acids is 2. The van der Waals surface area contributed by atoms with E-state index in [0.29, 0.717) is 23.4 Å². The van der Waals surface area contributed by atoms with Crippen LogP contribution in [0.2, 0.25) is 0 Å². The average Bonchev–Trinajstić information content (AvgIpc) is 3.28. The summed E-state index contributed by atoms with van der Waals surface area (Å²) in [7, 11) is 0. The van der Waals surface area contributed by atoms with Crippen LogP contribution in [0.3, 0.4) is 0 Å². The van der Waals surface area contributed by atoms with Crippen molar-refractivity contribution in [2.75, 3.05) is 11.9 Å². The Kier molecular flexibility index (Phi) is 5.35. The van der Waals surface area contributed by atoms with E-state index in [4.69, 9.17) is 9.72 Å². The molecule has 0 saturated carbocycles. The minimum Gasteiger partial charge on any atom is -0.462 e. The zero-order valence-electron chi connectivity index (χ0n) is 15.7. The van der Waals surface area contributed by atoms with Gasteiger partial charge >= 0.3 is 5.97 Å². The van der Waals surface area contributed by atoms with E-state index in [-0.39, 0.29) is 11.9 Å². The van der Waals surface area contributed by atoms with Gasteiger partial charge in [0.05, 0.1) is 33.8 Å². The molecule has 0 bridgehead atoms. The third kappa shape index (κ3) is 4.02. The standard InChI is InChI=1S/C23H18N2O3S/c1-2-28-23(27)15-9-11-16(12-10-15)24-22(26)18-14-20(21-8-5-13-29-21)25-19-7-4-3-6-17(18)19/h3-14H,2H2,1H3,(H,24,26). The number of thiophene rings is 1. The van der Waals surface area contributed by atoms with E-state index < -0.39 is 0 Å². The molecule has 0 aliphatic rings. The van der Waals surface area contributed by atoms with Crippen molar-refractivity contribution in [1.82, 2.24) is 4.98 Å². The van der Waals surface area contributed by atoms with Gasteiger partial charge in [0.15, 0.2) is 0 Å². The van der Waals surface area contributed by atoms with Gasteiger partial charge in [0, 0.05) is 11.1 Å². The third-order valence-corrected chi connectivity index (χ3v) is 5.28. The summed E-state index contributed by atoms with van der Waals surface area (Å²) in [4.78, 5) is 30.5. The molecule has 6 heteroatoms. The van der Waals surface area contributed by atoms with E-state index in [2.05, 4.69) is 5.32 Å². The van der Waals surface area contributed by atoms with E-state index in [1.165, 1.54) is 0 Å². The van der Waals surface area contributed by atoms with Gasteiger partial charge in [-0.3, -0.25) is 4.79 Å². The first kappa shape index (κ1) is 18.8. The first-order valence-corrected chi connectivity index (χ1v) is 10.1. The van der Waals surface area contributed by atoms with Crippen molar-refractivity contribution in [3.05, 3.63) is 83.2 Å². The van der Waals surface area contributed by atoms with Crippen molar-refractivity contribution in [1.29, 1.82) is 0 Å². The molecule has 29 heavy (non-hydrogen) atoms. The van der Waals surface area contributed by atoms with Crippen LogP contribution in [0, 0.1) is 0 Å². The van der Waals surface area contributed by atoms with Crippen LogP contribution in [-0.4, -0.2) is 23.5 Å². The molecule has 4 rings (SSSR count). The number of amides is 1. The second-order valence-electron chi connectivity index (χ2n) is 6.30. The average molecular weight is 402 g/mol. The fourth-order valence-corrected chi connectivity index (χ4v) is 3.70. The van der Waals surface area contributed by atoms with Crippen molar-refractivity contribution in [3.8, 4) is 10.6 Å². The van der Waals surface area contributed by atoms with Crippen molar-refractivity contribution >= 4 is 39.8 Å². The number of nitrogens with one attached hydrogen (secondary N) is 1. The summed E-state index contributed by atoms with van der Waals surface area (Å²) < 4.78 is 4.98. The number of para-hydroxylation sites is 1. The Morgan fingerprint density at radius 3 is 2.55 bits per heavy atom. The van der Waals surface area contributed by atoms with Crippen molar-refractivity contribution in [2.45, 2.75) is 6.92 Å². The Morgan fingerprint density at radius 1 is 1.03 bits per heavy atom. The molecule has 0 atom stereocenters. The number of pyridine rings is 1. The van der Waals surface area contributed by atoms with Gasteiger partial charge in [0.1, 0.15) is 0 Å². The molecule has 1 N–H and O–H groups in total. The highest BCUT2D eigenvalue weighted by molar-refractivity contribution is 7.13.